The van der Waals surface area contributed by atoms with E-state index in [0.717, 1.165) is 12.1 Å². The number of alkyl halides is 3. The van der Waals surface area contributed by atoms with Gasteiger partial charge >= 0.3 is 6.18 Å². The Bertz CT molecular complexity index is 399. The Balaban J connectivity index is 3.15. The SMILES string of the molecule is C[Si](C)(C)Oc1cc(CN)cc(C(F)(F)F)c1. The lowest BCUT2D eigenvalue weighted by atomic mass is 10.1. The summed E-state index contributed by atoms with van der Waals surface area (Å²) in [6.07, 6.45) is -4.37. The molecule has 0 fully saturated rings. The van der Waals surface area contributed by atoms with E-state index in [4.69, 9.17) is 10.2 Å². The minimum Gasteiger partial charge on any atom is -0.544 e. The first-order chi connectivity index (χ1) is 7.62. The Kier molecular flexibility index (Phi) is 3.88. The summed E-state index contributed by atoms with van der Waals surface area (Å²) < 4.78 is 43.5. The highest BCUT2D eigenvalue weighted by Crippen LogP contribution is 2.33. The first-order valence-electron chi connectivity index (χ1n) is 5.22. The molecular weight excluding hydrogens is 247 g/mol. The van der Waals surface area contributed by atoms with Gasteiger partial charge in [-0.1, -0.05) is 0 Å². The molecule has 0 aliphatic heterocycles. The number of rotatable bonds is 3. The van der Waals surface area contributed by atoms with Gasteiger partial charge in [-0.05, 0) is 43.4 Å². The maximum atomic E-state index is 12.6. The number of halogens is 3. The molecule has 0 saturated carbocycles. The second kappa shape index (κ2) is 4.70. The second-order valence-electron chi connectivity index (χ2n) is 4.78. The van der Waals surface area contributed by atoms with E-state index in [2.05, 4.69) is 0 Å². The zero-order valence-electron chi connectivity index (χ0n) is 10.1. The van der Waals surface area contributed by atoms with E-state index in [1.807, 2.05) is 19.6 Å². The molecule has 96 valence electrons. The Labute approximate surface area is 99.7 Å². The predicted octanol–water partition coefficient (Wildman–Crippen LogP) is 3.38. The fraction of sp³-hybridized carbons (Fsp3) is 0.455. The van der Waals surface area contributed by atoms with Gasteiger partial charge in [0.05, 0.1) is 5.56 Å². The van der Waals surface area contributed by atoms with Gasteiger partial charge in [0.15, 0.2) is 0 Å². The van der Waals surface area contributed by atoms with E-state index >= 15 is 0 Å². The molecule has 0 amide bonds. The molecule has 17 heavy (non-hydrogen) atoms. The average molecular weight is 263 g/mol. The molecule has 0 unspecified atom stereocenters. The highest BCUT2D eigenvalue weighted by molar-refractivity contribution is 6.70. The molecule has 0 aromatic heterocycles. The number of benzene rings is 1. The van der Waals surface area contributed by atoms with Crippen LogP contribution in [0.15, 0.2) is 18.2 Å². The first-order valence-corrected chi connectivity index (χ1v) is 8.63. The third kappa shape index (κ3) is 4.39. The normalized spacial score (nSPS) is 12.6. The van der Waals surface area contributed by atoms with Gasteiger partial charge in [-0.3, -0.25) is 0 Å². The van der Waals surface area contributed by atoms with Crippen molar-refractivity contribution in [1.29, 1.82) is 0 Å². The zero-order chi connectivity index (χ0) is 13.3. The molecule has 6 heteroatoms. The van der Waals surface area contributed by atoms with Crippen molar-refractivity contribution in [2.45, 2.75) is 32.4 Å². The molecule has 0 saturated heterocycles. The van der Waals surface area contributed by atoms with Gasteiger partial charge in [-0.15, -0.1) is 0 Å². The Morgan fingerprint density at radius 1 is 1.18 bits per heavy atom. The van der Waals surface area contributed by atoms with Gasteiger partial charge in [-0.25, -0.2) is 0 Å². The lowest BCUT2D eigenvalue weighted by Gasteiger charge is -2.21. The standard InChI is InChI=1S/C11H16F3NOSi/c1-17(2,3)16-10-5-8(7-15)4-9(6-10)11(12,13)14/h4-6H,7,15H2,1-3H3. The summed E-state index contributed by atoms with van der Waals surface area (Å²) in [4.78, 5) is 0. The minimum absolute atomic E-state index is 0.0615. The van der Waals surface area contributed by atoms with Crippen LogP contribution in [0.4, 0.5) is 13.2 Å². The van der Waals surface area contributed by atoms with Crippen molar-refractivity contribution in [2.24, 2.45) is 5.73 Å². The van der Waals surface area contributed by atoms with Crippen LogP contribution in [-0.2, 0) is 12.7 Å². The van der Waals surface area contributed by atoms with E-state index in [0.29, 0.717) is 5.56 Å². The van der Waals surface area contributed by atoms with Crippen LogP contribution in [0.25, 0.3) is 0 Å². The summed E-state index contributed by atoms with van der Waals surface area (Å²) in [5, 5.41) is 0. The largest absolute Gasteiger partial charge is 0.544 e. The molecule has 0 spiro atoms. The maximum Gasteiger partial charge on any atom is 0.416 e. The van der Waals surface area contributed by atoms with Crippen molar-refractivity contribution in [3.8, 4) is 5.75 Å². The summed E-state index contributed by atoms with van der Waals surface area (Å²) in [5.41, 5.74) is 5.09. The van der Waals surface area contributed by atoms with Gasteiger partial charge in [0.25, 0.3) is 0 Å². The van der Waals surface area contributed by atoms with E-state index in [1.165, 1.54) is 0 Å². The molecule has 0 aliphatic carbocycles. The fourth-order valence-corrected chi connectivity index (χ4v) is 2.18. The molecule has 0 atom stereocenters. The van der Waals surface area contributed by atoms with E-state index in [9.17, 15) is 13.2 Å². The highest BCUT2D eigenvalue weighted by Gasteiger charge is 2.31. The summed E-state index contributed by atoms with van der Waals surface area (Å²) in [6.45, 7) is 5.80. The lowest BCUT2D eigenvalue weighted by molar-refractivity contribution is -0.137. The van der Waals surface area contributed by atoms with Crippen LogP contribution in [0.3, 0.4) is 0 Å². The quantitative estimate of drug-likeness (QED) is 0.848. The summed E-state index contributed by atoms with van der Waals surface area (Å²) in [7, 11) is -1.92. The maximum absolute atomic E-state index is 12.6. The molecule has 2 nitrogen and oxygen atoms in total. The van der Waals surface area contributed by atoms with Gasteiger partial charge in [0.1, 0.15) is 5.75 Å². The topological polar surface area (TPSA) is 35.2 Å². The molecule has 1 rings (SSSR count). The van der Waals surface area contributed by atoms with Crippen LogP contribution in [-0.4, -0.2) is 8.32 Å². The van der Waals surface area contributed by atoms with E-state index < -0.39 is 20.1 Å². The van der Waals surface area contributed by atoms with Crippen LogP contribution >= 0.6 is 0 Å². The molecule has 0 heterocycles. The minimum atomic E-state index is -4.37. The molecular formula is C11H16F3NOSi. The number of hydrogen-bond donors (Lipinski definition) is 1. The molecule has 2 N–H and O–H groups in total. The first kappa shape index (κ1) is 14.0. The van der Waals surface area contributed by atoms with E-state index in [-0.39, 0.29) is 12.3 Å². The zero-order valence-corrected chi connectivity index (χ0v) is 11.1. The number of nitrogens with two attached hydrogens (primary N) is 1. The lowest BCUT2D eigenvalue weighted by Crippen LogP contribution is -2.29. The van der Waals surface area contributed by atoms with Crippen molar-refractivity contribution in [3.05, 3.63) is 29.3 Å². The molecule has 1 aromatic carbocycles. The molecule has 1 aromatic rings. The van der Waals surface area contributed by atoms with Gasteiger partial charge in [-0.2, -0.15) is 13.2 Å². The second-order valence-corrected chi connectivity index (χ2v) is 9.21. The Hall–Kier alpha value is -1.01. The van der Waals surface area contributed by atoms with Gasteiger partial charge < -0.3 is 10.2 Å². The Morgan fingerprint density at radius 3 is 2.18 bits per heavy atom. The molecule has 0 aliphatic rings. The van der Waals surface area contributed by atoms with Crippen molar-refractivity contribution in [3.63, 3.8) is 0 Å². The molecule has 0 radical (unpaired) electrons. The van der Waals surface area contributed by atoms with Crippen LogP contribution in [0.5, 0.6) is 5.75 Å². The fourth-order valence-electron chi connectivity index (χ4n) is 1.35. The van der Waals surface area contributed by atoms with Crippen molar-refractivity contribution in [2.75, 3.05) is 0 Å². The van der Waals surface area contributed by atoms with Crippen molar-refractivity contribution < 1.29 is 17.6 Å². The number of hydrogen-bond acceptors (Lipinski definition) is 2. The van der Waals surface area contributed by atoms with Crippen molar-refractivity contribution in [1.82, 2.24) is 0 Å². The van der Waals surface area contributed by atoms with Crippen LogP contribution in [0.1, 0.15) is 11.1 Å². The van der Waals surface area contributed by atoms with Gasteiger partial charge in [0.2, 0.25) is 8.32 Å². The monoisotopic (exact) mass is 263 g/mol. The summed E-state index contributed by atoms with van der Waals surface area (Å²) in [5.74, 6) is 0.249. The molecule has 0 bridgehead atoms. The third-order valence-electron chi connectivity index (χ3n) is 1.95. The van der Waals surface area contributed by atoms with Crippen LogP contribution < -0.4 is 10.2 Å². The summed E-state index contributed by atoms with van der Waals surface area (Å²) >= 11 is 0. The Morgan fingerprint density at radius 2 is 1.76 bits per heavy atom. The predicted molar refractivity (Wildman–Crippen MR) is 63.3 cm³/mol. The van der Waals surface area contributed by atoms with Crippen LogP contribution in [0.2, 0.25) is 19.6 Å². The van der Waals surface area contributed by atoms with Crippen LogP contribution in [0, 0.1) is 0 Å². The van der Waals surface area contributed by atoms with Gasteiger partial charge in [0, 0.05) is 6.54 Å². The summed E-state index contributed by atoms with van der Waals surface area (Å²) in [6, 6.07) is 3.64. The third-order valence-corrected chi connectivity index (χ3v) is 2.80. The smallest absolute Gasteiger partial charge is 0.416 e. The highest BCUT2D eigenvalue weighted by atomic mass is 28.4. The average Bonchev–Trinajstić information content (AvgIpc) is 2.13. The van der Waals surface area contributed by atoms with Crippen molar-refractivity contribution >= 4 is 8.32 Å². The van der Waals surface area contributed by atoms with E-state index in [1.54, 1.807) is 6.07 Å².